The molecule has 1 aliphatic rings. The summed E-state index contributed by atoms with van der Waals surface area (Å²) in [5, 5.41) is 6.00. The lowest BCUT2D eigenvalue weighted by atomic mass is 10.2. The number of thiophene rings is 1. The van der Waals surface area contributed by atoms with Crippen LogP contribution in [-0.2, 0) is 33.9 Å². The molecule has 186 valence electrons. The average Bonchev–Trinajstić information content (AvgIpc) is 3.45. The van der Waals surface area contributed by atoms with Crippen molar-refractivity contribution in [1.82, 2.24) is 15.0 Å². The molecule has 2 amide bonds. The van der Waals surface area contributed by atoms with Gasteiger partial charge in [0, 0.05) is 36.5 Å². The van der Waals surface area contributed by atoms with Crippen molar-refractivity contribution in [2.45, 2.75) is 45.9 Å². The second-order valence-corrected chi connectivity index (χ2v) is 9.75. The molecule has 0 saturated carbocycles. The molecule has 4 rings (SSSR count). The molecule has 0 radical (unpaired) electrons. The first-order chi connectivity index (χ1) is 16.9. The molecule has 1 aromatic carbocycles. The van der Waals surface area contributed by atoms with Gasteiger partial charge in [0.05, 0.1) is 32.1 Å². The summed E-state index contributed by atoms with van der Waals surface area (Å²) in [6, 6.07) is 11.7. The van der Waals surface area contributed by atoms with Gasteiger partial charge < -0.3 is 23.8 Å². The minimum atomic E-state index is -0.341. The van der Waals surface area contributed by atoms with Gasteiger partial charge in [-0.15, -0.1) is 11.3 Å². The third-order valence-corrected chi connectivity index (χ3v) is 7.13. The summed E-state index contributed by atoms with van der Waals surface area (Å²) in [5.74, 6) is 1.31. The lowest BCUT2D eigenvalue weighted by Crippen LogP contribution is -2.39. The second-order valence-electron chi connectivity index (χ2n) is 8.72. The van der Waals surface area contributed by atoms with Gasteiger partial charge in [-0.3, -0.25) is 9.59 Å². The molecule has 9 heteroatoms. The Hall–Kier alpha value is -3.17. The van der Waals surface area contributed by atoms with E-state index >= 15 is 0 Å². The highest BCUT2D eigenvalue weighted by Gasteiger charge is 2.31. The third-order valence-electron chi connectivity index (χ3n) is 6.20. The van der Waals surface area contributed by atoms with Crippen LogP contribution in [0.1, 0.15) is 33.9 Å². The van der Waals surface area contributed by atoms with Gasteiger partial charge in [-0.2, -0.15) is 0 Å². The van der Waals surface area contributed by atoms with Crippen LogP contribution in [0.2, 0.25) is 0 Å². The van der Waals surface area contributed by atoms with Crippen LogP contribution in [0.4, 0.5) is 0 Å². The Morgan fingerprint density at radius 3 is 2.80 bits per heavy atom. The summed E-state index contributed by atoms with van der Waals surface area (Å²) < 4.78 is 16.8. The van der Waals surface area contributed by atoms with Gasteiger partial charge in [0.1, 0.15) is 11.5 Å². The van der Waals surface area contributed by atoms with E-state index in [9.17, 15) is 9.59 Å². The maximum absolute atomic E-state index is 13.2. The predicted octanol–water partition coefficient (Wildman–Crippen LogP) is 3.75. The Kier molecular flexibility index (Phi) is 8.20. The van der Waals surface area contributed by atoms with Gasteiger partial charge in [-0.05, 0) is 49.4 Å². The average molecular weight is 498 g/mol. The maximum Gasteiger partial charge on any atom is 0.242 e. The molecule has 1 saturated heterocycles. The van der Waals surface area contributed by atoms with Crippen molar-refractivity contribution in [1.29, 1.82) is 0 Å². The molecule has 0 N–H and O–H groups in total. The number of ether oxygens (including phenoxy) is 2. The maximum atomic E-state index is 13.2. The first-order valence-electron chi connectivity index (χ1n) is 11.7. The Morgan fingerprint density at radius 2 is 2.09 bits per heavy atom. The van der Waals surface area contributed by atoms with E-state index in [4.69, 9.17) is 14.0 Å². The molecular formula is C26H31N3O5S. The van der Waals surface area contributed by atoms with Crippen LogP contribution in [0, 0.1) is 13.8 Å². The second kappa shape index (κ2) is 11.5. The molecule has 1 atom stereocenters. The lowest BCUT2D eigenvalue weighted by Gasteiger charge is -2.25. The van der Waals surface area contributed by atoms with E-state index in [1.54, 1.807) is 28.2 Å². The Bertz CT molecular complexity index is 1120. The van der Waals surface area contributed by atoms with Crippen molar-refractivity contribution in [3.8, 4) is 5.75 Å². The summed E-state index contributed by atoms with van der Waals surface area (Å²) in [4.78, 5) is 30.9. The van der Waals surface area contributed by atoms with E-state index in [1.807, 2.05) is 55.6 Å². The summed E-state index contributed by atoms with van der Waals surface area (Å²) in [7, 11) is 1.62. The van der Waals surface area contributed by atoms with Gasteiger partial charge in [-0.1, -0.05) is 23.4 Å². The van der Waals surface area contributed by atoms with E-state index in [-0.39, 0.29) is 24.5 Å². The van der Waals surface area contributed by atoms with E-state index < -0.39 is 0 Å². The summed E-state index contributed by atoms with van der Waals surface area (Å²) in [6.07, 6.45) is 0.686. The number of carbonyl (C=O) groups is 2. The molecule has 2 aromatic heterocycles. The zero-order valence-corrected chi connectivity index (χ0v) is 21.2. The van der Waals surface area contributed by atoms with Crippen LogP contribution in [0.25, 0.3) is 0 Å². The molecule has 3 aromatic rings. The molecule has 35 heavy (non-hydrogen) atoms. The number of nitrogens with zero attached hydrogens (tertiary/aromatic N) is 3. The van der Waals surface area contributed by atoms with Crippen molar-refractivity contribution in [3.63, 3.8) is 0 Å². The first-order valence-corrected chi connectivity index (χ1v) is 12.5. The Morgan fingerprint density at radius 1 is 1.23 bits per heavy atom. The normalized spacial score (nSPS) is 16.4. The number of aromatic nitrogens is 1. The zero-order chi connectivity index (χ0) is 24.8. The minimum Gasteiger partial charge on any atom is -0.497 e. The van der Waals surface area contributed by atoms with Crippen molar-refractivity contribution >= 4 is 23.2 Å². The molecule has 3 heterocycles. The van der Waals surface area contributed by atoms with Crippen molar-refractivity contribution in [3.05, 3.63) is 69.2 Å². The van der Waals surface area contributed by atoms with E-state index in [0.29, 0.717) is 44.8 Å². The predicted molar refractivity (Wildman–Crippen MR) is 132 cm³/mol. The number of amides is 2. The number of methoxy groups -OCH3 is 1. The number of carbonyl (C=O) groups excluding carboxylic acids is 2. The lowest BCUT2D eigenvalue weighted by molar-refractivity contribution is -0.139. The van der Waals surface area contributed by atoms with Crippen LogP contribution in [-0.4, -0.2) is 59.6 Å². The van der Waals surface area contributed by atoms with Gasteiger partial charge >= 0.3 is 0 Å². The monoisotopic (exact) mass is 497 g/mol. The highest BCUT2D eigenvalue weighted by molar-refractivity contribution is 7.09. The summed E-state index contributed by atoms with van der Waals surface area (Å²) in [5.41, 5.74) is 2.64. The van der Waals surface area contributed by atoms with Crippen molar-refractivity contribution in [2.75, 3.05) is 26.7 Å². The highest BCUT2D eigenvalue weighted by atomic mass is 32.1. The summed E-state index contributed by atoms with van der Waals surface area (Å²) >= 11 is 1.63. The van der Waals surface area contributed by atoms with Crippen LogP contribution in [0.5, 0.6) is 5.75 Å². The molecule has 8 nitrogen and oxygen atoms in total. The molecule has 0 bridgehead atoms. The number of hydrogen-bond donors (Lipinski definition) is 0. The fourth-order valence-electron chi connectivity index (χ4n) is 4.17. The number of aryl methyl sites for hydroxylation is 3. The van der Waals surface area contributed by atoms with Gasteiger partial charge in [0.2, 0.25) is 11.8 Å². The fourth-order valence-corrected chi connectivity index (χ4v) is 4.88. The van der Waals surface area contributed by atoms with Crippen LogP contribution in [0.3, 0.4) is 0 Å². The van der Waals surface area contributed by atoms with E-state index in [1.165, 1.54) is 0 Å². The highest BCUT2D eigenvalue weighted by Crippen LogP contribution is 2.20. The van der Waals surface area contributed by atoms with Crippen molar-refractivity contribution < 1.29 is 23.6 Å². The third kappa shape index (κ3) is 6.49. The minimum absolute atomic E-state index is 0.0401. The van der Waals surface area contributed by atoms with E-state index in [2.05, 4.69) is 5.16 Å². The Labute approximate surface area is 209 Å². The molecule has 1 fully saturated rings. The molecule has 0 unspecified atom stereocenters. The standard InChI is InChI=1S/C26H31N3O5S/c1-18-24(19(2)34-27-18)17-33-22-14-28(13-20-6-4-7-21(12-20)32-3)26(31)16-29(15-22)25(30)10-9-23-8-5-11-35-23/h4-8,11-12,22H,9-10,13-17H2,1-3H3/t22-/m1/s1. The SMILES string of the molecule is COc1cccc(CN2C[C@@H](OCc3c(C)noc3C)CN(C(=O)CCc3cccs3)CC2=O)c1. The van der Waals surface area contributed by atoms with Gasteiger partial charge in [0.25, 0.3) is 0 Å². The number of hydrogen-bond acceptors (Lipinski definition) is 7. The first kappa shape index (κ1) is 24.9. The number of rotatable bonds is 9. The molecule has 0 spiro atoms. The summed E-state index contributed by atoms with van der Waals surface area (Å²) in [6.45, 7) is 5.23. The molecular weight excluding hydrogens is 466 g/mol. The van der Waals surface area contributed by atoms with Crippen LogP contribution in [0.15, 0.2) is 46.3 Å². The number of benzene rings is 1. The zero-order valence-electron chi connectivity index (χ0n) is 20.4. The smallest absolute Gasteiger partial charge is 0.242 e. The topological polar surface area (TPSA) is 85.1 Å². The fraction of sp³-hybridized carbons (Fsp3) is 0.423. The van der Waals surface area contributed by atoms with Gasteiger partial charge in [0.15, 0.2) is 0 Å². The largest absolute Gasteiger partial charge is 0.497 e. The quantitative estimate of drug-likeness (QED) is 0.448. The van der Waals surface area contributed by atoms with Crippen LogP contribution >= 0.6 is 11.3 Å². The van der Waals surface area contributed by atoms with Crippen LogP contribution < -0.4 is 4.74 Å². The molecule has 1 aliphatic heterocycles. The van der Waals surface area contributed by atoms with E-state index in [0.717, 1.165) is 27.4 Å². The van der Waals surface area contributed by atoms with Crippen molar-refractivity contribution in [2.24, 2.45) is 0 Å². The molecule has 0 aliphatic carbocycles. The van der Waals surface area contributed by atoms with Gasteiger partial charge in [-0.25, -0.2) is 0 Å². The Balaban J connectivity index is 1.49.